The van der Waals surface area contributed by atoms with Gasteiger partial charge in [-0.25, -0.2) is 0 Å². The molecule has 1 aliphatic rings. The Labute approximate surface area is 141 Å². The number of halogens is 3. The maximum absolute atomic E-state index is 11.8. The number of amides is 1. The number of alkyl halides is 1. The van der Waals surface area contributed by atoms with Crippen LogP contribution in [0.2, 0.25) is 10.0 Å². The van der Waals surface area contributed by atoms with Gasteiger partial charge >= 0.3 is 0 Å². The Morgan fingerprint density at radius 2 is 1.76 bits per heavy atom. The molecule has 1 amide bonds. The lowest BCUT2D eigenvalue weighted by Gasteiger charge is -2.14. The maximum atomic E-state index is 11.8. The zero-order chi connectivity index (χ0) is 15.1. The van der Waals surface area contributed by atoms with Gasteiger partial charge in [-0.1, -0.05) is 51.3 Å². The van der Waals surface area contributed by atoms with Crippen LogP contribution in [-0.4, -0.2) is 13.0 Å². The second kappa shape index (κ2) is 5.64. The number of likely N-dealkylation sites (N-methyl/N-ethyl adjacent to an activating group) is 1. The quantitative estimate of drug-likeness (QED) is 0.667. The Hall–Kier alpha value is -1.03. The lowest BCUT2D eigenvalue weighted by molar-refractivity contribution is -0.117. The van der Waals surface area contributed by atoms with Crippen LogP contribution in [0.25, 0.3) is 0 Å². The molecular weight excluding hydrogens is 373 g/mol. The normalized spacial score (nSPS) is 15.2. The van der Waals surface area contributed by atoms with Gasteiger partial charge in [-0.15, -0.1) is 0 Å². The largest absolute Gasteiger partial charge is 0.315 e. The number of hydrogen-bond donors (Lipinski definition) is 0. The van der Waals surface area contributed by atoms with Crippen molar-refractivity contribution in [3.8, 4) is 0 Å². The molecule has 5 heteroatoms. The number of carbonyl (C=O) groups excluding carboxylic acids is 1. The Kier molecular flexibility index (Phi) is 4.00. The minimum Gasteiger partial charge on any atom is -0.315 e. The second-order valence-corrected chi connectivity index (χ2v) is 6.87. The number of hydrogen-bond acceptors (Lipinski definition) is 1. The molecule has 2 aromatic rings. The highest BCUT2D eigenvalue weighted by Crippen LogP contribution is 2.37. The van der Waals surface area contributed by atoms with E-state index in [0.717, 1.165) is 22.4 Å². The molecule has 0 N–H and O–H groups in total. The van der Waals surface area contributed by atoms with Crippen LogP contribution in [0.15, 0.2) is 36.4 Å². The Morgan fingerprint density at radius 3 is 2.43 bits per heavy atom. The highest BCUT2D eigenvalue weighted by Gasteiger charge is 2.25. The lowest BCUT2D eigenvalue weighted by Crippen LogP contribution is -2.20. The SMILES string of the molecule is CN1C(=O)Cc2cc(C(Br)c3cc(Cl)cc(Cl)c3)ccc21. The van der Waals surface area contributed by atoms with Gasteiger partial charge in [0, 0.05) is 22.8 Å². The van der Waals surface area contributed by atoms with Crippen molar-refractivity contribution in [1.82, 2.24) is 0 Å². The van der Waals surface area contributed by atoms with Crippen LogP contribution in [-0.2, 0) is 11.2 Å². The lowest BCUT2D eigenvalue weighted by atomic mass is 10.0. The molecule has 0 saturated carbocycles. The highest BCUT2D eigenvalue weighted by molar-refractivity contribution is 9.09. The van der Waals surface area contributed by atoms with Gasteiger partial charge in [0.2, 0.25) is 5.91 Å². The van der Waals surface area contributed by atoms with E-state index in [4.69, 9.17) is 23.2 Å². The predicted molar refractivity (Wildman–Crippen MR) is 90.8 cm³/mol. The summed E-state index contributed by atoms with van der Waals surface area (Å²) in [5, 5.41) is 1.22. The van der Waals surface area contributed by atoms with Crippen LogP contribution < -0.4 is 4.90 Å². The van der Waals surface area contributed by atoms with Gasteiger partial charge in [0.25, 0.3) is 0 Å². The molecule has 21 heavy (non-hydrogen) atoms. The van der Waals surface area contributed by atoms with Crippen LogP contribution in [0.4, 0.5) is 5.69 Å². The fourth-order valence-corrected chi connectivity index (χ4v) is 3.65. The summed E-state index contributed by atoms with van der Waals surface area (Å²) in [4.78, 5) is 13.4. The molecule has 1 unspecified atom stereocenters. The average Bonchev–Trinajstić information content (AvgIpc) is 2.71. The summed E-state index contributed by atoms with van der Waals surface area (Å²) in [5.41, 5.74) is 4.10. The van der Waals surface area contributed by atoms with Gasteiger partial charge in [-0.3, -0.25) is 4.79 Å². The van der Waals surface area contributed by atoms with Crippen molar-refractivity contribution < 1.29 is 4.79 Å². The van der Waals surface area contributed by atoms with Crippen LogP contribution in [0, 0.1) is 0 Å². The monoisotopic (exact) mass is 383 g/mol. The van der Waals surface area contributed by atoms with Gasteiger partial charge < -0.3 is 4.90 Å². The Balaban J connectivity index is 1.98. The minimum absolute atomic E-state index is 0.0139. The number of fused-ring (bicyclic) bond motifs is 1. The molecule has 0 radical (unpaired) electrons. The summed E-state index contributed by atoms with van der Waals surface area (Å²) >= 11 is 15.8. The molecule has 3 rings (SSSR count). The summed E-state index contributed by atoms with van der Waals surface area (Å²) in [6.07, 6.45) is 0.454. The highest BCUT2D eigenvalue weighted by atomic mass is 79.9. The smallest absolute Gasteiger partial charge is 0.231 e. The third-order valence-corrected chi connectivity index (χ3v) is 5.14. The van der Waals surface area contributed by atoms with Gasteiger partial charge in [-0.2, -0.15) is 0 Å². The topological polar surface area (TPSA) is 20.3 Å². The fourth-order valence-electron chi connectivity index (χ4n) is 2.56. The summed E-state index contributed by atoms with van der Waals surface area (Å²) in [7, 11) is 1.80. The molecule has 2 aromatic carbocycles. The zero-order valence-corrected chi connectivity index (χ0v) is 14.3. The molecule has 0 aliphatic carbocycles. The van der Waals surface area contributed by atoms with Gasteiger partial charge in [0.1, 0.15) is 0 Å². The molecule has 0 spiro atoms. The molecule has 0 fully saturated rings. The minimum atomic E-state index is -0.0139. The number of benzene rings is 2. The van der Waals surface area contributed by atoms with E-state index in [1.807, 2.05) is 24.3 Å². The number of carbonyl (C=O) groups is 1. The number of rotatable bonds is 2. The van der Waals surface area contributed by atoms with Crippen LogP contribution in [0.3, 0.4) is 0 Å². The molecule has 108 valence electrons. The standard InChI is InChI=1S/C16H12BrCl2NO/c1-20-14-3-2-9(4-10(14)7-15(20)21)16(17)11-5-12(18)8-13(19)6-11/h2-6,8,16H,7H2,1H3. The molecular formula is C16H12BrCl2NO. The van der Waals surface area contributed by atoms with Crippen LogP contribution >= 0.6 is 39.1 Å². The van der Waals surface area contributed by atoms with E-state index in [9.17, 15) is 4.79 Å². The van der Waals surface area contributed by atoms with Crippen molar-refractivity contribution in [3.63, 3.8) is 0 Å². The Bertz CT molecular complexity index is 712. The van der Waals surface area contributed by atoms with Crippen molar-refractivity contribution in [2.75, 3.05) is 11.9 Å². The first-order valence-corrected chi connectivity index (χ1v) is 8.12. The molecule has 1 heterocycles. The average molecular weight is 385 g/mol. The molecule has 0 saturated heterocycles. The third kappa shape index (κ3) is 2.83. The zero-order valence-electron chi connectivity index (χ0n) is 11.2. The van der Waals surface area contributed by atoms with Gasteiger partial charge in [0.05, 0.1) is 11.2 Å². The summed E-state index contributed by atoms with van der Waals surface area (Å²) in [6, 6.07) is 11.5. The molecule has 0 aromatic heterocycles. The second-order valence-electron chi connectivity index (χ2n) is 5.08. The van der Waals surface area contributed by atoms with Crippen molar-refractivity contribution >= 4 is 50.7 Å². The fraction of sp³-hybridized carbons (Fsp3) is 0.188. The maximum Gasteiger partial charge on any atom is 0.231 e. The van der Waals surface area contributed by atoms with E-state index in [2.05, 4.69) is 22.0 Å². The van der Waals surface area contributed by atoms with E-state index >= 15 is 0 Å². The summed E-state index contributed by atoms with van der Waals surface area (Å²) in [5.74, 6) is 0.124. The number of anilines is 1. The van der Waals surface area contributed by atoms with Crippen molar-refractivity contribution in [2.45, 2.75) is 11.2 Å². The first-order chi connectivity index (χ1) is 9.95. The molecule has 1 atom stereocenters. The van der Waals surface area contributed by atoms with Gasteiger partial charge in [-0.05, 0) is 41.0 Å². The summed E-state index contributed by atoms with van der Waals surface area (Å²) < 4.78 is 0. The van der Waals surface area contributed by atoms with Crippen molar-refractivity contribution in [3.05, 3.63) is 63.1 Å². The van der Waals surface area contributed by atoms with Crippen molar-refractivity contribution in [1.29, 1.82) is 0 Å². The van der Waals surface area contributed by atoms with E-state index in [1.54, 1.807) is 18.0 Å². The molecule has 1 aliphatic heterocycles. The Morgan fingerprint density at radius 1 is 1.10 bits per heavy atom. The molecule has 0 bridgehead atoms. The van der Waals surface area contributed by atoms with E-state index in [-0.39, 0.29) is 10.7 Å². The van der Waals surface area contributed by atoms with Crippen LogP contribution in [0.1, 0.15) is 21.5 Å². The summed E-state index contributed by atoms with van der Waals surface area (Å²) in [6.45, 7) is 0. The number of nitrogens with zero attached hydrogens (tertiary/aromatic N) is 1. The predicted octanol–water partition coefficient (Wildman–Crippen LogP) is 5.00. The van der Waals surface area contributed by atoms with Gasteiger partial charge in [0.15, 0.2) is 0 Å². The van der Waals surface area contributed by atoms with E-state index in [0.29, 0.717) is 16.5 Å². The van der Waals surface area contributed by atoms with Crippen molar-refractivity contribution in [2.24, 2.45) is 0 Å². The first-order valence-electron chi connectivity index (χ1n) is 6.45. The molecule has 2 nitrogen and oxygen atoms in total. The van der Waals surface area contributed by atoms with E-state index in [1.165, 1.54) is 0 Å². The van der Waals surface area contributed by atoms with E-state index < -0.39 is 0 Å². The first kappa shape index (κ1) is 14.9. The third-order valence-electron chi connectivity index (χ3n) is 3.65. The van der Waals surface area contributed by atoms with Crippen LogP contribution in [0.5, 0.6) is 0 Å².